The molecule has 0 spiro atoms. The van der Waals surface area contributed by atoms with Crippen molar-refractivity contribution in [2.24, 2.45) is 5.10 Å². The van der Waals surface area contributed by atoms with Crippen LogP contribution in [-0.2, 0) is 10.0 Å². The van der Waals surface area contributed by atoms with Crippen LogP contribution >= 0.6 is 0 Å². The van der Waals surface area contributed by atoms with Gasteiger partial charge in [0.25, 0.3) is 5.91 Å². The molecule has 2 heterocycles. The van der Waals surface area contributed by atoms with E-state index in [-0.39, 0.29) is 5.56 Å². The van der Waals surface area contributed by atoms with Gasteiger partial charge in [0.2, 0.25) is 10.0 Å². The van der Waals surface area contributed by atoms with Gasteiger partial charge in [0.05, 0.1) is 23.9 Å². The van der Waals surface area contributed by atoms with Gasteiger partial charge in [-0.1, -0.05) is 24.3 Å². The first-order valence-electron chi connectivity index (χ1n) is 9.09. The van der Waals surface area contributed by atoms with Gasteiger partial charge in [-0.05, 0) is 36.4 Å². The number of carbonyl (C=O) groups is 1. The Labute approximate surface area is 172 Å². The maximum Gasteiger partial charge on any atom is 0.274 e. The third-order valence-corrected chi connectivity index (χ3v) is 5.19. The number of halogens is 1. The number of para-hydroxylation sites is 1. The predicted octanol–water partition coefficient (Wildman–Crippen LogP) is 3.78. The van der Waals surface area contributed by atoms with Gasteiger partial charge < -0.3 is 4.42 Å². The van der Waals surface area contributed by atoms with E-state index < -0.39 is 27.8 Å². The largest absolute Gasteiger partial charge is 0.467 e. The van der Waals surface area contributed by atoms with Gasteiger partial charge in [0.15, 0.2) is 0 Å². The van der Waals surface area contributed by atoms with Crippen molar-refractivity contribution in [2.45, 2.75) is 12.5 Å². The Hall–Kier alpha value is -3.46. The third-order valence-electron chi connectivity index (χ3n) is 4.59. The monoisotopic (exact) mass is 427 g/mol. The van der Waals surface area contributed by atoms with Crippen LogP contribution in [0.15, 0.2) is 76.4 Å². The molecule has 1 aliphatic heterocycles. The Morgan fingerprint density at radius 3 is 2.67 bits per heavy atom. The van der Waals surface area contributed by atoms with Crippen LogP contribution in [0.2, 0.25) is 0 Å². The highest BCUT2D eigenvalue weighted by Crippen LogP contribution is 2.35. The average Bonchev–Trinajstić information content (AvgIpc) is 3.36. The molecule has 0 fully saturated rings. The Bertz CT molecular complexity index is 1220. The number of sulfonamides is 1. The smallest absolute Gasteiger partial charge is 0.274 e. The molecule has 0 saturated heterocycles. The number of nitrogens with one attached hydrogen (secondary N) is 1. The highest BCUT2D eigenvalue weighted by molar-refractivity contribution is 7.92. The first-order valence-corrected chi connectivity index (χ1v) is 11.0. The molecule has 1 atom stereocenters. The van der Waals surface area contributed by atoms with E-state index in [1.807, 2.05) is 0 Å². The molecule has 1 aliphatic rings. The Balaban J connectivity index is 1.76. The highest BCUT2D eigenvalue weighted by atomic mass is 32.2. The van der Waals surface area contributed by atoms with Crippen LogP contribution in [0.3, 0.4) is 0 Å². The second kappa shape index (κ2) is 7.75. The molecule has 0 aliphatic carbocycles. The molecule has 2 aromatic carbocycles. The van der Waals surface area contributed by atoms with Gasteiger partial charge in [-0.15, -0.1) is 0 Å². The number of rotatable bonds is 5. The molecule has 0 bridgehead atoms. The van der Waals surface area contributed by atoms with Gasteiger partial charge in [0.1, 0.15) is 17.6 Å². The number of hydrogen-bond donors (Lipinski definition) is 1. The van der Waals surface area contributed by atoms with E-state index in [2.05, 4.69) is 9.82 Å². The summed E-state index contributed by atoms with van der Waals surface area (Å²) >= 11 is 0. The lowest BCUT2D eigenvalue weighted by Crippen LogP contribution is -2.26. The maximum absolute atomic E-state index is 13.6. The zero-order valence-electron chi connectivity index (χ0n) is 15.9. The molecule has 3 aromatic rings. The molecular weight excluding hydrogens is 409 g/mol. The van der Waals surface area contributed by atoms with Crippen LogP contribution in [0.25, 0.3) is 0 Å². The number of hydrogen-bond acceptors (Lipinski definition) is 5. The van der Waals surface area contributed by atoms with Crippen molar-refractivity contribution in [1.82, 2.24) is 5.01 Å². The second-order valence-corrected chi connectivity index (χ2v) is 8.61. The van der Waals surface area contributed by atoms with Gasteiger partial charge in [-0.3, -0.25) is 9.52 Å². The van der Waals surface area contributed by atoms with Crippen molar-refractivity contribution in [3.63, 3.8) is 0 Å². The Morgan fingerprint density at radius 2 is 1.97 bits per heavy atom. The lowest BCUT2D eigenvalue weighted by Gasteiger charge is -2.19. The van der Waals surface area contributed by atoms with Gasteiger partial charge >= 0.3 is 0 Å². The van der Waals surface area contributed by atoms with E-state index >= 15 is 0 Å². The summed E-state index contributed by atoms with van der Waals surface area (Å²) in [5.41, 5.74) is 1.57. The lowest BCUT2D eigenvalue weighted by atomic mass is 10.0. The van der Waals surface area contributed by atoms with E-state index in [1.165, 1.54) is 29.5 Å². The lowest BCUT2D eigenvalue weighted by molar-refractivity contribution is 0.0692. The van der Waals surface area contributed by atoms with E-state index in [1.54, 1.807) is 36.4 Å². The van der Waals surface area contributed by atoms with Crippen LogP contribution in [0.5, 0.6) is 0 Å². The summed E-state index contributed by atoms with van der Waals surface area (Å²) in [6, 6.07) is 15.1. The summed E-state index contributed by atoms with van der Waals surface area (Å²) in [5, 5.41) is 5.73. The van der Waals surface area contributed by atoms with Crippen LogP contribution in [0.4, 0.5) is 10.1 Å². The SMILES string of the molecule is CS(=O)(=O)Nc1ccccc1C1=NN(C(=O)c2cccc(F)c2)[C@@H](c2ccco2)C1. The molecular formula is C21H18FN3O4S. The highest BCUT2D eigenvalue weighted by Gasteiger charge is 2.36. The molecule has 0 unspecified atom stereocenters. The molecule has 0 saturated carbocycles. The van der Waals surface area contributed by atoms with Crippen molar-refractivity contribution in [2.75, 3.05) is 11.0 Å². The zero-order chi connectivity index (χ0) is 21.3. The summed E-state index contributed by atoms with van der Waals surface area (Å²) in [6.07, 6.45) is 2.86. The molecule has 30 heavy (non-hydrogen) atoms. The molecule has 4 rings (SSSR count). The van der Waals surface area contributed by atoms with Crippen LogP contribution in [-0.4, -0.2) is 31.3 Å². The minimum atomic E-state index is -3.51. The molecule has 1 N–H and O–H groups in total. The number of carbonyl (C=O) groups excluding carboxylic acids is 1. The van der Waals surface area contributed by atoms with Crippen LogP contribution in [0.1, 0.15) is 34.1 Å². The van der Waals surface area contributed by atoms with E-state index in [0.717, 1.165) is 12.3 Å². The molecule has 1 amide bonds. The van der Waals surface area contributed by atoms with E-state index in [9.17, 15) is 17.6 Å². The van der Waals surface area contributed by atoms with Gasteiger partial charge in [-0.2, -0.15) is 5.10 Å². The number of hydrazone groups is 1. The normalized spacial score (nSPS) is 16.4. The Kier molecular flexibility index (Phi) is 5.13. The molecule has 154 valence electrons. The minimum absolute atomic E-state index is 0.152. The molecule has 1 aromatic heterocycles. The summed E-state index contributed by atoms with van der Waals surface area (Å²) in [5.74, 6) is -0.493. The van der Waals surface area contributed by atoms with Crippen molar-refractivity contribution in [3.8, 4) is 0 Å². The summed E-state index contributed by atoms with van der Waals surface area (Å²) < 4.78 is 45.1. The maximum atomic E-state index is 13.6. The number of amides is 1. The first kappa shape index (κ1) is 19.8. The number of furan rings is 1. The summed E-state index contributed by atoms with van der Waals surface area (Å²) in [4.78, 5) is 13.1. The van der Waals surface area contributed by atoms with Crippen molar-refractivity contribution in [3.05, 3.63) is 89.6 Å². The summed E-state index contributed by atoms with van der Waals surface area (Å²) in [6.45, 7) is 0. The molecule has 9 heteroatoms. The fourth-order valence-electron chi connectivity index (χ4n) is 3.34. The van der Waals surface area contributed by atoms with Crippen molar-refractivity contribution < 1.29 is 22.0 Å². The van der Waals surface area contributed by atoms with Crippen LogP contribution in [0, 0.1) is 5.82 Å². The fourth-order valence-corrected chi connectivity index (χ4v) is 3.92. The molecule has 0 radical (unpaired) electrons. The van der Waals surface area contributed by atoms with E-state index in [4.69, 9.17) is 4.42 Å². The topological polar surface area (TPSA) is 92.0 Å². The Morgan fingerprint density at radius 1 is 1.17 bits per heavy atom. The quantitative estimate of drug-likeness (QED) is 0.671. The third kappa shape index (κ3) is 4.11. The van der Waals surface area contributed by atoms with Crippen molar-refractivity contribution in [1.29, 1.82) is 0 Å². The minimum Gasteiger partial charge on any atom is -0.467 e. The average molecular weight is 427 g/mol. The number of benzene rings is 2. The number of anilines is 1. The van der Waals surface area contributed by atoms with E-state index in [0.29, 0.717) is 29.1 Å². The first-order chi connectivity index (χ1) is 14.3. The van der Waals surface area contributed by atoms with Crippen LogP contribution < -0.4 is 4.72 Å². The van der Waals surface area contributed by atoms with Crippen molar-refractivity contribution >= 4 is 27.3 Å². The fraction of sp³-hybridized carbons (Fsp3) is 0.143. The molecule has 7 nitrogen and oxygen atoms in total. The standard InChI is InChI=1S/C21H18FN3O4S/c1-30(27,28)24-17-9-3-2-8-16(17)18-13-19(20-10-5-11-29-20)25(23-18)21(26)14-6-4-7-15(22)12-14/h2-12,19,24H,13H2,1H3/t19-/m1/s1. The number of nitrogens with zero attached hydrogens (tertiary/aromatic N) is 2. The van der Waals surface area contributed by atoms with Gasteiger partial charge in [0, 0.05) is 17.5 Å². The second-order valence-electron chi connectivity index (χ2n) is 6.86. The summed E-state index contributed by atoms with van der Waals surface area (Å²) in [7, 11) is -3.51. The zero-order valence-corrected chi connectivity index (χ0v) is 16.8. The van der Waals surface area contributed by atoms with Gasteiger partial charge in [-0.25, -0.2) is 17.8 Å². The predicted molar refractivity (Wildman–Crippen MR) is 110 cm³/mol.